The standard InChI is InChI=1S/C17H14F3N3O4S/c1-23-10-14(13-7-2-3-8-15(13)23)16(24)21-22-28(25,26)12-6-4-5-11(9-12)27-17(18,19)20/h2-10,22H,1H3,(H,21,24). The first-order valence-corrected chi connectivity index (χ1v) is 9.27. The third kappa shape index (κ3) is 4.26. The lowest BCUT2D eigenvalue weighted by Crippen LogP contribution is -2.41. The van der Waals surface area contributed by atoms with Crippen LogP contribution in [-0.4, -0.2) is 25.3 Å². The minimum Gasteiger partial charge on any atom is -0.406 e. The number of benzene rings is 2. The summed E-state index contributed by atoms with van der Waals surface area (Å²) >= 11 is 0. The first-order valence-electron chi connectivity index (χ1n) is 7.79. The van der Waals surface area contributed by atoms with Gasteiger partial charge in [0.2, 0.25) is 0 Å². The van der Waals surface area contributed by atoms with Crippen molar-refractivity contribution in [3.63, 3.8) is 0 Å². The van der Waals surface area contributed by atoms with Gasteiger partial charge in [-0.2, -0.15) is 0 Å². The molecule has 0 atom stereocenters. The van der Waals surface area contributed by atoms with E-state index in [1.165, 1.54) is 6.20 Å². The van der Waals surface area contributed by atoms with Crippen molar-refractivity contribution in [3.8, 4) is 5.75 Å². The number of ether oxygens (including phenoxy) is 1. The number of nitrogens with zero attached hydrogens (tertiary/aromatic N) is 1. The Hall–Kier alpha value is -3.05. The molecule has 0 aliphatic rings. The molecular formula is C17H14F3N3O4S. The number of hydrogen-bond acceptors (Lipinski definition) is 4. The predicted octanol–water partition coefficient (Wildman–Crippen LogP) is 2.70. The number of hydrazine groups is 1. The number of aromatic nitrogens is 1. The maximum atomic E-state index is 12.4. The summed E-state index contributed by atoms with van der Waals surface area (Å²) in [7, 11) is -2.59. The van der Waals surface area contributed by atoms with Crippen molar-refractivity contribution in [1.82, 2.24) is 14.8 Å². The zero-order valence-electron chi connectivity index (χ0n) is 14.3. The SMILES string of the molecule is Cn1cc(C(=O)NNS(=O)(=O)c2cccc(OC(F)(F)F)c2)c2ccccc21. The number of carbonyl (C=O) groups is 1. The molecule has 11 heteroatoms. The lowest BCUT2D eigenvalue weighted by atomic mass is 10.2. The maximum Gasteiger partial charge on any atom is 0.573 e. The molecule has 2 aromatic carbocycles. The van der Waals surface area contributed by atoms with Gasteiger partial charge in [-0.15, -0.1) is 18.0 Å². The van der Waals surface area contributed by atoms with Crippen molar-refractivity contribution in [2.75, 3.05) is 0 Å². The van der Waals surface area contributed by atoms with Crippen LogP contribution in [0.2, 0.25) is 0 Å². The third-order valence-corrected chi connectivity index (χ3v) is 5.04. The highest BCUT2D eigenvalue weighted by molar-refractivity contribution is 7.89. The number of hydrogen-bond donors (Lipinski definition) is 2. The molecule has 0 aliphatic carbocycles. The van der Waals surface area contributed by atoms with Crippen LogP contribution in [0.4, 0.5) is 13.2 Å². The number of sulfonamides is 1. The molecule has 1 amide bonds. The van der Waals surface area contributed by atoms with Crippen molar-refractivity contribution in [2.24, 2.45) is 7.05 Å². The van der Waals surface area contributed by atoms with Crippen LogP contribution in [-0.2, 0) is 17.1 Å². The van der Waals surface area contributed by atoms with E-state index >= 15 is 0 Å². The van der Waals surface area contributed by atoms with Gasteiger partial charge in [-0.3, -0.25) is 10.2 Å². The first-order chi connectivity index (χ1) is 13.1. The third-order valence-electron chi connectivity index (χ3n) is 3.79. The molecule has 28 heavy (non-hydrogen) atoms. The van der Waals surface area contributed by atoms with Crippen LogP contribution < -0.4 is 15.0 Å². The van der Waals surface area contributed by atoms with Gasteiger partial charge in [-0.25, -0.2) is 8.42 Å². The van der Waals surface area contributed by atoms with Gasteiger partial charge >= 0.3 is 6.36 Å². The van der Waals surface area contributed by atoms with Crippen LogP contribution in [0.5, 0.6) is 5.75 Å². The van der Waals surface area contributed by atoms with Gasteiger partial charge in [0.25, 0.3) is 15.9 Å². The second-order valence-electron chi connectivity index (χ2n) is 5.75. The molecule has 0 bridgehead atoms. The molecule has 0 spiro atoms. The molecule has 0 aliphatic heterocycles. The molecule has 3 aromatic rings. The van der Waals surface area contributed by atoms with Crippen LogP contribution in [0.15, 0.2) is 59.6 Å². The number of fused-ring (bicyclic) bond motifs is 1. The van der Waals surface area contributed by atoms with Gasteiger partial charge in [-0.1, -0.05) is 24.3 Å². The molecule has 3 rings (SSSR count). The predicted molar refractivity (Wildman–Crippen MR) is 93.8 cm³/mol. The molecule has 0 fully saturated rings. The van der Waals surface area contributed by atoms with Crippen molar-refractivity contribution < 1.29 is 31.1 Å². The number of alkyl halides is 3. The van der Waals surface area contributed by atoms with Crippen LogP contribution >= 0.6 is 0 Å². The van der Waals surface area contributed by atoms with Crippen LogP contribution in [0, 0.1) is 0 Å². The Morgan fingerprint density at radius 2 is 1.82 bits per heavy atom. The monoisotopic (exact) mass is 413 g/mol. The molecular weight excluding hydrogens is 399 g/mol. The van der Waals surface area contributed by atoms with E-state index < -0.39 is 32.9 Å². The highest BCUT2D eigenvalue weighted by Gasteiger charge is 2.31. The summed E-state index contributed by atoms with van der Waals surface area (Å²) in [5.74, 6) is -1.42. The van der Waals surface area contributed by atoms with Crippen molar-refractivity contribution in [2.45, 2.75) is 11.3 Å². The Balaban J connectivity index is 1.78. The fraction of sp³-hybridized carbons (Fsp3) is 0.118. The number of rotatable bonds is 5. The van der Waals surface area contributed by atoms with Crippen molar-refractivity contribution in [3.05, 3.63) is 60.3 Å². The summed E-state index contributed by atoms with van der Waals surface area (Å²) in [6.45, 7) is 0. The summed E-state index contributed by atoms with van der Waals surface area (Å²) in [5.41, 5.74) is 3.06. The zero-order chi connectivity index (χ0) is 20.5. The van der Waals surface area contributed by atoms with Gasteiger partial charge in [0, 0.05) is 30.2 Å². The highest BCUT2D eigenvalue weighted by atomic mass is 32.2. The number of carbonyl (C=O) groups excluding carboxylic acids is 1. The van der Waals surface area contributed by atoms with Crippen LogP contribution in [0.1, 0.15) is 10.4 Å². The summed E-state index contributed by atoms with van der Waals surface area (Å²) < 4.78 is 66.9. The van der Waals surface area contributed by atoms with Crippen LogP contribution in [0.3, 0.4) is 0 Å². The Kier molecular flexibility index (Phi) is 5.04. The number of amides is 1. The zero-order valence-corrected chi connectivity index (χ0v) is 15.1. The minimum absolute atomic E-state index is 0.231. The quantitative estimate of drug-likeness (QED) is 0.630. The lowest BCUT2D eigenvalue weighted by molar-refractivity contribution is -0.274. The molecule has 1 aromatic heterocycles. The van der Waals surface area contributed by atoms with Gasteiger partial charge in [0.05, 0.1) is 10.5 Å². The average molecular weight is 413 g/mol. The van der Waals surface area contributed by atoms with Gasteiger partial charge < -0.3 is 9.30 Å². The Labute approximate surface area is 157 Å². The topological polar surface area (TPSA) is 89.4 Å². The van der Waals surface area contributed by atoms with E-state index in [0.29, 0.717) is 11.5 Å². The molecule has 7 nitrogen and oxygen atoms in total. The summed E-state index contributed by atoms with van der Waals surface area (Å²) in [5, 5.41) is 0.613. The number of aryl methyl sites for hydroxylation is 1. The molecule has 0 radical (unpaired) electrons. The first kappa shape index (κ1) is 19.7. The van der Waals surface area contributed by atoms with E-state index in [1.807, 2.05) is 4.83 Å². The smallest absolute Gasteiger partial charge is 0.406 e. The number of nitrogens with one attached hydrogen (secondary N) is 2. The summed E-state index contributed by atoms with van der Waals surface area (Å²) in [6.07, 6.45) is -3.43. The number of para-hydroxylation sites is 1. The molecule has 148 valence electrons. The van der Waals surface area contributed by atoms with Gasteiger partial charge in [0.1, 0.15) is 5.75 Å². The fourth-order valence-corrected chi connectivity index (χ4v) is 3.47. The number of halogens is 3. The Morgan fingerprint density at radius 3 is 2.54 bits per heavy atom. The van der Waals surface area contributed by atoms with E-state index in [1.54, 1.807) is 35.9 Å². The Morgan fingerprint density at radius 1 is 1.11 bits per heavy atom. The minimum atomic E-state index is -4.96. The summed E-state index contributed by atoms with van der Waals surface area (Å²) in [4.78, 5) is 13.7. The van der Waals surface area contributed by atoms with Crippen molar-refractivity contribution in [1.29, 1.82) is 0 Å². The summed E-state index contributed by atoms with van der Waals surface area (Å²) in [6, 6.07) is 10.8. The van der Waals surface area contributed by atoms with E-state index in [0.717, 1.165) is 23.7 Å². The highest BCUT2D eigenvalue weighted by Crippen LogP contribution is 2.25. The van der Waals surface area contributed by atoms with E-state index in [-0.39, 0.29) is 5.56 Å². The molecule has 0 saturated carbocycles. The molecule has 0 unspecified atom stereocenters. The second kappa shape index (κ2) is 7.17. The average Bonchev–Trinajstić information content (AvgIpc) is 2.96. The second-order valence-corrected chi connectivity index (χ2v) is 7.44. The van der Waals surface area contributed by atoms with E-state index in [4.69, 9.17) is 0 Å². The normalized spacial score (nSPS) is 12.1. The molecule has 1 heterocycles. The van der Waals surface area contributed by atoms with Gasteiger partial charge in [-0.05, 0) is 18.2 Å². The van der Waals surface area contributed by atoms with E-state index in [2.05, 4.69) is 10.2 Å². The van der Waals surface area contributed by atoms with Crippen molar-refractivity contribution >= 4 is 26.8 Å². The van der Waals surface area contributed by atoms with Crippen LogP contribution in [0.25, 0.3) is 10.9 Å². The molecule has 0 saturated heterocycles. The lowest BCUT2D eigenvalue weighted by Gasteiger charge is -2.11. The van der Waals surface area contributed by atoms with E-state index in [9.17, 15) is 26.4 Å². The largest absolute Gasteiger partial charge is 0.573 e. The molecule has 2 N–H and O–H groups in total. The fourth-order valence-electron chi connectivity index (χ4n) is 2.60. The van der Waals surface area contributed by atoms with Gasteiger partial charge in [0.15, 0.2) is 0 Å². The Bertz CT molecular complexity index is 1140. The maximum absolute atomic E-state index is 12.4.